The molecule has 2 unspecified atom stereocenters. The Kier molecular flexibility index (Phi) is 4.38. The standard InChI is InChI=1S/C15H13NO6/c16-11(13(17)18)12(14(19)20)22-15(21)10-7-3-5-8-4-1-2-6-9(8)10/h1-7,11-12H,16H2,(H,17,18)(H,19,20). The second-order valence-corrected chi connectivity index (χ2v) is 4.55. The molecule has 2 aromatic carbocycles. The topological polar surface area (TPSA) is 127 Å². The number of carboxylic acids is 2. The summed E-state index contributed by atoms with van der Waals surface area (Å²) in [7, 11) is 0. The number of ether oxygens (including phenoxy) is 1. The minimum absolute atomic E-state index is 0.141. The number of rotatable bonds is 5. The van der Waals surface area contributed by atoms with Crippen LogP contribution in [0, 0.1) is 0 Å². The molecule has 0 heterocycles. The second kappa shape index (κ2) is 6.23. The van der Waals surface area contributed by atoms with Crippen LogP contribution in [-0.4, -0.2) is 40.3 Å². The minimum Gasteiger partial charge on any atom is -0.480 e. The van der Waals surface area contributed by atoms with Gasteiger partial charge in [-0.2, -0.15) is 0 Å². The fourth-order valence-electron chi connectivity index (χ4n) is 1.99. The highest BCUT2D eigenvalue weighted by Crippen LogP contribution is 2.20. The molecule has 0 amide bonds. The van der Waals surface area contributed by atoms with Crippen LogP contribution in [0.5, 0.6) is 0 Å². The maximum absolute atomic E-state index is 12.2. The molecular weight excluding hydrogens is 290 g/mol. The van der Waals surface area contributed by atoms with E-state index in [2.05, 4.69) is 0 Å². The molecule has 0 spiro atoms. The number of carbonyl (C=O) groups is 3. The number of benzene rings is 2. The van der Waals surface area contributed by atoms with Gasteiger partial charge in [0.05, 0.1) is 5.56 Å². The molecule has 2 aromatic rings. The van der Waals surface area contributed by atoms with Crippen LogP contribution in [0.2, 0.25) is 0 Å². The van der Waals surface area contributed by atoms with Crippen LogP contribution in [0.3, 0.4) is 0 Å². The molecule has 0 aromatic heterocycles. The smallest absolute Gasteiger partial charge is 0.347 e. The predicted molar refractivity (Wildman–Crippen MR) is 76.4 cm³/mol. The maximum atomic E-state index is 12.2. The Labute approximate surface area is 124 Å². The van der Waals surface area contributed by atoms with Crippen molar-refractivity contribution >= 4 is 28.7 Å². The Morgan fingerprint density at radius 1 is 0.955 bits per heavy atom. The van der Waals surface area contributed by atoms with Gasteiger partial charge in [0.25, 0.3) is 0 Å². The van der Waals surface area contributed by atoms with Gasteiger partial charge in [-0.05, 0) is 16.8 Å². The highest BCUT2D eigenvalue weighted by molar-refractivity contribution is 6.05. The Morgan fingerprint density at radius 2 is 1.59 bits per heavy atom. The van der Waals surface area contributed by atoms with E-state index < -0.39 is 30.1 Å². The van der Waals surface area contributed by atoms with Gasteiger partial charge in [0.2, 0.25) is 6.10 Å². The molecule has 7 heteroatoms. The van der Waals surface area contributed by atoms with Crippen molar-refractivity contribution in [3.05, 3.63) is 48.0 Å². The van der Waals surface area contributed by atoms with Gasteiger partial charge in [0, 0.05) is 0 Å². The Balaban J connectivity index is 2.34. The van der Waals surface area contributed by atoms with E-state index in [1.165, 1.54) is 6.07 Å². The van der Waals surface area contributed by atoms with Crippen LogP contribution in [0.4, 0.5) is 0 Å². The van der Waals surface area contributed by atoms with Gasteiger partial charge in [-0.15, -0.1) is 0 Å². The van der Waals surface area contributed by atoms with Crippen molar-refractivity contribution in [2.24, 2.45) is 5.73 Å². The van der Waals surface area contributed by atoms with Crippen LogP contribution in [-0.2, 0) is 14.3 Å². The monoisotopic (exact) mass is 303 g/mol. The number of hydrogen-bond donors (Lipinski definition) is 3. The first-order valence-corrected chi connectivity index (χ1v) is 6.31. The van der Waals surface area contributed by atoms with Crippen molar-refractivity contribution in [2.45, 2.75) is 12.1 Å². The van der Waals surface area contributed by atoms with Gasteiger partial charge >= 0.3 is 17.9 Å². The Morgan fingerprint density at radius 3 is 2.23 bits per heavy atom. The second-order valence-electron chi connectivity index (χ2n) is 4.55. The van der Waals surface area contributed by atoms with Crippen molar-refractivity contribution in [3.8, 4) is 0 Å². The summed E-state index contributed by atoms with van der Waals surface area (Å²) in [6.07, 6.45) is -1.97. The SMILES string of the molecule is NC(C(=O)O)C(OC(=O)c1cccc2ccccc12)C(=O)O. The third-order valence-corrected chi connectivity index (χ3v) is 3.10. The minimum atomic E-state index is -1.97. The van der Waals surface area contributed by atoms with Crippen molar-refractivity contribution in [2.75, 3.05) is 0 Å². The van der Waals surface area contributed by atoms with E-state index in [1.807, 2.05) is 0 Å². The molecule has 0 aliphatic carbocycles. The van der Waals surface area contributed by atoms with Gasteiger partial charge in [-0.3, -0.25) is 4.79 Å². The molecule has 0 radical (unpaired) electrons. The first-order valence-electron chi connectivity index (χ1n) is 6.31. The van der Waals surface area contributed by atoms with E-state index in [1.54, 1.807) is 36.4 Å². The van der Waals surface area contributed by atoms with Crippen LogP contribution >= 0.6 is 0 Å². The van der Waals surface area contributed by atoms with Crippen LogP contribution < -0.4 is 5.73 Å². The molecule has 0 bridgehead atoms. The fourth-order valence-corrected chi connectivity index (χ4v) is 1.99. The summed E-state index contributed by atoms with van der Waals surface area (Å²) in [6.45, 7) is 0. The molecule has 2 rings (SSSR count). The molecule has 0 fully saturated rings. The average Bonchev–Trinajstić information content (AvgIpc) is 2.50. The number of carboxylic acid groups (broad SMARTS) is 2. The van der Waals surface area contributed by atoms with E-state index >= 15 is 0 Å². The number of esters is 1. The van der Waals surface area contributed by atoms with Gasteiger partial charge in [-0.1, -0.05) is 36.4 Å². The van der Waals surface area contributed by atoms with Crippen molar-refractivity contribution < 1.29 is 29.3 Å². The summed E-state index contributed by atoms with van der Waals surface area (Å²) in [5.41, 5.74) is 5.38. The number of fused-ring (bicyclic) bond motifs is 1. The van der Waals surface area contributed by atoms with E-state index in [0.29, 0.717) is 5.39 Å². The summed E-state index contributed by atoms with van der Waals surface area (Å²) < 4.78 is 4.78. The summed E-state index contributed by atoms with van der Waals surface area (Å²) in [4.78, 5) is 34.0. The highest BCUT2D eigenvalue weighted by Gasteiger charge is 2.34. The Hall–Kier alpha value is -2.93. The molecule has 7 nitrogen and oxygen atoms in total. The lowest BCUT2D eigenvalue weighted by atomic mass is 10.0. The van der Waals surface area contributed by atoms with Crippen LogP contribution in [0.15, 0.2) is 42.5 Å². The fraction of sp³-hybridized carbons (Fsp3) is 0.133. The summed E-state index contributed by atoms with van der Waals surface area (Å²) in [5, 5.41) is 19.1. The molecule has 2 atom stereocenters. The maximum Gasteiger partial charge on any atom is 0.347 e. The number of hydrogen-bond acceptors (Lipinski definition) is 5. The molecule has 114 valence electrons. The van der Waals surface area contributed by atoms with Crippen molar-refractivity contribution in [1.82, 2.24) is 0 Å². The van der Waals surface area contributed by atoms with E-state index in [9.17, 15) is 14.4 Å². The normalized spacial score (nSPS) is 13.3. The Bertz CT molecular complexity index is 736. The lowest BCUT2D eigenvalue weighted by Gasteiger charge is -2.17. The molecule has 0 aliphatic rings. The number of aliphatic carboxylic acids is 2. The van der Waals surface area contributed by atoms with E-state index in [0.717, 1.165) is 5.39 Å². The molecule has 22 heavy (non-hydrogen) atoms. The third kappa shape index (κ3) is 3.04. The lowest BCUT2D eigenvalue weighted by Crippen LogP contribution is -2.48. The zero-order valence-electron chi connectivity index (χ0n) is 11.3. The summed E-state index contributed by atoms with van der Waals surface area (Å²) >= 11 is 0. The zero-order valence-corrected chi connectivity index (χ0v) is 11.3. The van der Waals surface area contributed by atoms with Gasteiger partial charge in [0.1, 0.15) is 0 Å². The number of carbonyl (C=O) groups excluding carboxylic acids is 1. The van der Waals surface area contributed by atoms with Gasteiger partial charge < -0.3 is 20.7 Å². The average molecular weight is 303 g/mol. The molecule has 0 aliphatic heterocycles. The predicted octanol–water partition coefficient (Wildman–Crippen LogP) is 0.862. The lowest BCUT2D eigenvalue weighted by molar-refractivity contribution is -0.155. The van der Waals surface area contributed by atoms with Gasteiger partial charge in [-0.25, -0.2) is 9.59 Å². The molecule has 0 saturated carbocycles. The highest BCUT2D eigenvalue weighted by atomic mass is 16.6. The first kappa shape index (κ1) is 15.5. The quantitative estimate of drug-likeness (QED) is 0.699. The van der Waals surface area contributed by atoms with E-state index in [4.69, 9.17) is 20.7 Å². The third-order valence-electron chi connectivity index (χ3n) is 3.10. The largest absolute Gasteiger partial charge is 0.480 e. The van der Waals surface area contributed by atoms with Gasteiger partial charge in [0.15, 0.2) is 6.04 Å². The van der Waals surface area contributed by atoms with Crippen LogP contribution in [0.1, 0.15) is 10.4 Å². The summed E-state index contributed by atoms with van der Waals surface area (Å²) in [5.74, 6) is -4.14. The molecule has 4 N–H and O–H groups in total. The van der Waals surface area contributed by atoms with Crippen molar-refractivity contribution in [3.63, 3.8) is 0 Å². The number of nitrogens with two attached hydrogens (primary N) is 1. The molecular formula is C15H13NO6. The summed E-state index contributed by atoms with van der Waals surface area (Å²) in [6, 6.07) is 9.99. The van der Waals surface area contributed by atoms with Crippen molar-refractivity contribution in [1.29, 1.82) is 0 Å². The van der Waals surface area contributed by atoms with Crippen LogP contribution in [0.25, 0.3) is 10.8 Å². The zero-order chi connectivity index (χ0) is 16.3. The van der Waals surface area contributed by atoms with E-state index in [-0.39, 0.29) is 5.56 Å². The first-order chi connectivity index (χ1) is 10.4. The molecule has 0 saturated heterocycles.